The first-order valence-corrected chi connectivity index (χ1v) is 23.2. The van der Waals surface area contributed by atoms with Gasteiger partial charge >= 0.3 is 0 Å². The van der Waals surface area contributed by atoms with Gasteiger partial charge < -0.3 is 53.1 Å². The zero-order chi connectivity index (χ0) is 46.8. The predicted octanol–water partition coefficient (Wildman–Crippen LogP) is 8.09. The van der Waals surface area contributed by atoms with Gasteiger partial charge in [-0.25, -0.2) is 0 Å². The molecular weight excluding hydrogens is 863 g/mol. The van der Waals surface area contributed by atoms with Crippen molar-refractivity contribution in [3.63, 3.8) is 0 Å². The van der Waals surface area contributed by atoms with E-state index >= 15 is 0 Å². The maximum atomic E-state index is 13.2. The summed E-state index contributed by atoms with van der Waals surface area (Å²) in [5.74, 6) is -0.317. The average molecular weight is 924 g/mol. The lowest BCUT2D eigenvalue weighted by Gasteiger charge is -2.47. The Hall–Kier alpha value is -5.61. The third-order valence-electron chi connectivity index (χ3n) is 11.9. The highest BCUT2D eigenvalue weighted by Gasteiger charge is 2.51. The average Bonchev–Trinajstić information content (AvgIpc) is 3.38. The minimum atomic E-state index is -1.43. The summed E-state index contributed by atoms with van der Waals surface area (Å²) < 4.78 is 59.9. The van der Waals surface area contributed by atoms with Crippen LogP contribution >= 0.6 is 0 Å². The number of hydrogen-bond donors (Lipinski definition) is 2. The molecule has 0 saturated carbocycles. The van der Waals surface area contributed by atoms with Crippen molar-refractivity contribution in [3.8, 4) is 0 Å². The minimum absolute atomic E-state index is 0.115. The van der Waals surface area contributed by atoms with Crippen LogP contribution in [0.5, 0.6) is 0 Å². The second-order valence-corrected chi connectivity index (χ2v) is 17.0. The molecule has 2 N–H and O–H groups in total. The molecule has 8 rings (SSSR count). The van der Waals surface area contributed by atoms with Gasteiger partial charge in [-0.15, -0.1) is 0 Å². The van der Waals surface area contributed by atoms with E-state index < -0.39 is 61.3 Å². The summed E-state index contributed by atoms with van der Waals surface area (Å²) in [6.45, 7) is 2.83. The molecule has 12 heteroatoms. The van der Waals surface area contributed by atoms with Crippen LogP contribution in [-0.2, 0) is 87.1 Å². The first-order chi connectivity index (χ1) is 33.5. The number of carbonyl (C=O) groups is 1. The lowest BCUT2D eigenvalue weighted by Crippen LogP contribution is -2.66. The van der Waals surface area contributed by atoms with E-state index in [-0.39, 0.29) is 52.2 Å². The monoisotopic (exact) mass is 923 g/mol. The molecular formula is C56H61NO11. The van der Waals surface area contributed by atoms with Gasteiger partial charge in [0.2, 0.25) is 5.91 Å². The number of carbonyl (C=O) groups excluding carboxylic acids is 1. The summed E-state index contributed by atoms with van der Waals surface area (Å²) in [6, 6.07) is 58.0. The number of amides is 1. The summed E-state index contributed by atoms with van der Waals surface area (Å²) in [5.41, 5.74) is 5.67. The molecule has 68 heavy (non-hydrogen) atoms. The van der Waals surface area contributed by atoms with Crippen LogP contribution in [0.2, 0.25) is 0 Å². The standard InChI is InChI=1S/C56H61NO11/c1-40(58)57-49-52(63-35-44-26-14-5-15-27-44)50(61-33-42-22-10-3-11-23-42)47(38-60-32-41-20-8-2-9-21-41)68-56(49)66-39-48-51(62-34-43-24-12-4-13-25-43)53(64-36-45-28-16-6-17-29-45)54(55(59)67-48)65-37-46-30-18-7-19-31-46/h2-31,47-56,59H,32-39H2,1H3,(H,57,58). The Kier molecular flexibility index (Phi) is 18.4. The van der Waals surface area contributed by atoms with E-state index in [9.17, 15) is 9.90 Å². The first-order valence-electron chi connectivity index (χ1n) is 23.2. The Morgan fingerprint density at radius 3 is 1.18 bits per heavy atom. The van der Waals surface area contributed by atoms with Crippen LogP contribution in [0.3, 0.4) is 0 Å². The fraction of sp³-hybridized carbons (Fsp3) is 0.339. The van der Waals surface area contributed by atoms with Crippen molar-refractivity contribution in [1.82, 2.24) is 5.32 Å². The second kappa shape index (κ2) is 25.7. The van der Waals surface area contributed by atoms with Crippen LogP contribution < -0.4 is 5.32 Å². The molecule has 2 heterocycles. The van der Waals surface area contributed by atoms with Crippen molar-refractivity contribution in [1.29, 1.82) is 0 Å². The lowest BCUT2D eigenvalue weighted by atomic mass is 9.95. The molecule has 1 amide bonds. The third kappa shape index (κ3) is 14.2. The molecule has 6 aromatic carbocycles. The summed E-state index contributed by atoms with van der Waals surface area (Å²) in [6.07, 6.45) is -8.26. The molecule has 10 unspecified atom stereocenters. The highest BCUT2D eigenvalue weighted by atomic mass is 16.7. The number of benzene rings is 6. The molecule has 12 nitrogen and oxygen atoms in total. The van der Waals surface area contributed by atoms with Crippen LogP contribution in [0, 0.1) is 0 Å². The number of rotatable bonds is 23. The molecule has 2 aliphatic heterocycles. The third-order valence-corrected chi connectivity index (χ3v) is 11.9. The molecule has 0 aliphatic carbocycles. The Balaban J connectivity index is 1.09. The predicted molar refractivity (Wildman–Crippen MR) is 254 cm³/mol. The quantitative estimate of drug-likeness (QED) is 0.0647. The van der Waals surface area contributed by atoms with Gasteiger partial charge in [-0.1, -0.05) is 182 Å². The van der Waals surface area contributed by atoms with E-state index in [4.69, 9.17) is 42.6 Å². The molecule has 10 atom stereocenters. The van der Waals surface area contributed by atoms with E-state index in [0.29, 0.717) is 6.61 Å². The summed E-state index contributed by atoms with van der Waals surface area (Å²) in [5, 5.41) is 14.9. The largest absolute Gasteiger partial charge is 0.374 e. The fourth-order valence-electron chi connectivity index (χ4n) is 8.46. The van der Waals surface area contributed by atoms with Gasteiger partial charge in [-0.3, -0.25) is 4.79 Å². The normalized spacial score (nSPS) is 24.9. The fourth-order valence-corrected chi connectivity index (χ4v) is 8.46. The van der Waals surface area contributed by atoms with Crippen molar-refractivity contribution in [3.05, 3.63) is 215 Å². The van der Waals surface area contributed by atoms with E-state index in [2.05, 4.69) is 5.32 Å². The Labute approximate surface area is 399 Å². The highest BCUT2D eigenvalue weighted by molar-refractivity contribution is 5.73. The molecule has 0 radical (unpaired) electrons. The van der Waals surface area contributed by atoms with Gasteiger partial charge in [-0.05, 0) is 33.4 Å². The van der Waals surface area contributed by atoms with Gasteiger partial charge in [0.25, 0.3) is 0 Å². The van der Waals surface area contributed by atoms with Gasteiger partial charge in [0, 0.05) is 6.92 Å². The van der Waals surface area contributed by atoms with Crippen molar-refractivity contribution >= 4 is 5.91 Å². The van der Waals surface area contributed by atoms with E-state index in [1.807, 2.05) is 182 Å². The van der Waals surface area contributed by atoms with Crippen LogP contribution in [-0.4, -0.2) is 85.6 Å². The van der Waals surface area contributed by atoms with Gasteiger partial charge in [-0.2, -0.15) is 0 Å². The van der Waals surface area contributed by atoms with Crippen molar-refractivity contribution in [2.24, 2.45) is 0 Å². The van der Waals surface area contributed by atoms with Crippen molar-refractivity contribution < 1.29 is 52.5 Å². The summed E-state index contributed by atoms with van der Waals surface area (Å²) >= 11 is 0. The Bertz CT molecular complexity index is 2330. The maximum Gasteiger partial charge on any atom is 0.217 e. The smallest absolute Gasteiger partial charge is 0.217 e. The zero-order valence-electron chi connectivity index (χ0n) is 38.3. The molecule has 2 saturated heterocycles. The molecule has 6 aromatic rings. The molecule has 356 valence electrons. The van der Waals surface area contributed by atoms with Gasteiger partial charge in [0.1, 0.15) is 48.8 Å². The van der Waals surface area contributed by atoms with Gasteiger partial charge in [0.05, 0.1) is 52.9 Å². The SMILES string of the molecule is CC(=O)NC1C(OCC2OC(O)C(OCc3ccccc3)C(OCc3ccccc3)C2OCc2ccccc2)OC(COCc2ccccc2)C(OCc2ccccc2)C1OCc1ccccc1. The molecule has 2 aliphatic rings. The van der Waals surface area contributed by atoms with Gasteiger partial charge in [0.15, 0.2) is 12.6 Å². The van der Waals surface area contributed by atoms with Crippen LogP contribution in [0.15, 0.2) is 182 Å². The number of aliphatic hydroxyl groups is 1. The van der Waals surface area contributed by atoms with E-state index in [0.717, 1.165) is 33.4 Å². The highest BCUT2D eigenvalue weighted by Crippen LogP contribution is 2.33. The van der Waals surface area contributed by atoms with Crippen LogP contribution in [0.4, 0.5) is 0 Å². The molecule has 2 fully saturated rings. The number of aliphatic hydroxyl groups excluding tert-OH is 1. The summed E-state index contributed by atoms with van der Waals surface area (Å²) in [7, 11) is 0. The Morgan fingerprint density at radius 1 is 0.426 bits per heavy atom. The number of nitrogens with one attached hydrogen (secondary N) is 1. The topological polar surface area (TPSA) is 132 Å². The molecule has 0 bridgehead atoms. The van der Waals surface area contributed by atoms with Crippen molar-refractivity contribution in [2.45, 2.75) is 108 Å². The van der Waals surface area contributed by atoms with E-state index in [1.165, 1.54) is 6.92 Å². The Morgan fingerprint density at radius 2 is 0.765 bits per heavy atom. The second-order valence-electron chi connectivity index (χ2n) is 17.0. The first kappa shape index (κ1) is 48.8. The van der Waals surface area contributed by atoms with Crippen LogP contribution in [0.1, 0.15) is 40.3 Å². The van der Waals surface area contributed by atoms with E-state index in [1.54, 1.807) is 0 Å². The van der Waals surface area contributed by atoms with Crippen LogP contribution in [0.25, 0.3) is 0 Å². The zero-order valence-corrected chi connectivity index (χ0v) is 38.3. The number of ether oxygens (including phenoxy) is 9. The van der Waals surface area contributed by atoms with Crippen molar-refractivity contribution in [2.75, 3.05) is 13.2 Å². The summed E-state index contributed by atoms with van der Waals surface area (Å²) in [4.78, 5) is 13.2. The lowest BCUT2D eigenvalue weighted by molar-refractivity contribution is -0.333. The minimum Gasteiger partial charge on any atom is -0.374 e. The molecule has 0 spiro atoms. The molecule has 0 aromatic heterocycles. The maximum absolute atomic E-state index is 13.2. The number of hydrogen-bond acceptors (Lipinski definition) is 11.